The third-order valence-electron chi connectivity index (χ3n) is 3.90. The van der Waals surface area contributed by atoms with E-state index in [1.165, 1.54) is 13.3 Å². The molecule has 2 heterocycles. The molecule has 3 rings (SSSR count). The number of hydrogen-bond donors (Lipinski definition) is 2. The largest absolute Gasteiger partial charge is 0.477 e. The Morgan fingerprint density at radius 1 is 1.22 bits per heavy atom. The molecule has 0 fully saturated rings. The highest BCUT2D eigenvalue weighted by Gasteiger charge is 2.19. The molecule has 0 aliphatic rings. The molecule has 0 unspecified atom stereocenters. The lowest BCUT2D eigenvalue weighted by Crippen LogP contribution is -2.28. The number of amides is 1. The van der Waals surface area contributed by atoms with Gasteiger partial charge in [-0.3, -0.25) is 4.79 Å². The summed E-state index contributed by atoms with van der Waals surface area (Å²) in [6, 6.07) is 7.29. The number of carbonyl (C=O) groups excluding carboxylic acids is 2. The number of ether oxygens (including phenoxy) is 1. The molecule has 10 heteroatoms. The van der Waals surface area contributed by atoms with Gasteiger partial charge in [-0.15, -0.1) is 5.10 Å². The van der Waals surface area contributed by atoms with Gasteiger partial charge in [0.05, 0.1) is 24.9 Å². The molecule has 2 aromatic heterocycles. The second kappa shape index (κ2) is 7.20. The van der Waals surface area contributed by atoms with E-state index in [9.17, 15) is 19.5 Å². The molecule has 1 amide bonds. The van der Waals surface area contributed by atoms with Crippen LogP contribution in [-0.2, 0) is 4.74 Å². The van der Waals surface area contributed by atoms with Gasteiger partial charge in [-0.25, -0.2) is 14.6 Å². The van der Waals surface area contributed by atoms with E-state index in [0.29, 0.717) is 5.56 Å². The molecule has 3 aromatic rings. The third-order valence-corrected chi connectivity index (χ3v) is 3.90. The number of nitrogens with one attached hydrogen (secondary N) is 1. The fraction of sp³-hybridized carbons (Fsp3) is 0.176. The van der Waals surface area contributed by atoms with Crippen molar-refractivity contribution < 1.29 is 24.2 Å². The van der Waals surface area contributed by atoms with Crippen molar-refractivity contribution in [3.8, 4) is 0 Å². The molecule has 0 saturated carbocycles. The van der Waals surface area contributed by atoms with Crippen molar-refractivity contribution in [3.63, 3.8) is 0 Å². The molecule has 1 aromatic carbocycles. The molecule has 138 valence electrons. The highest BCUT2D eigenvalue weighted by atomic mass is 16.5. The molecule has 0 aliphatic heterocycles. The molecule has 1 atom stereocenters. The van der Waals surface area contributed by atoms with E-state index in [1.807, 2.05) is 0 Å². The van der Waals surface area contributed by atoms with Crippen LogP contribution >= 0.6 is 0 Å². The molecule has 10 nitrogen and oxygen atoms in total. The van der Waals surface area contributed by atoms with Gasteiger partial charge in [0.2, 0.25) is 0 Å². The van der Waals surface area contributed by atoms with Gasteiger partial charge in [0, 0.05) is 6.07 Å². The summed E-state index contributed by atoms with van der Waals surface area (Å²) in [5, 5.41) is 19.2. The predicted molar refractivity (Wildman–Crippen MR) is 91.4 cm³/mol. The van der Waals surface area contributed by atoms with E-state index >= 15 is 0 Å². The number of carboxylic acid groups (broad SMARTS) is 1. The second-order valence-corrected chi connectivity index (χ2v) is 5.64. The van der Waals surface area contributed by atoms with Gasteiger partial charge in [-0.2, -0.15) is 4.52 Å². The minimum absolute atomic E-state index is 0.0692. The summed E-state index contributed by atoms with van der Waals surface area (Å²) in [5.41, 5.74) is 1.00. The van der Waals surface area contributed by atoms with Crippen molar-refractivity contribution in [2.45, 2.75) is 13.0 Å². The average Bonchev–Trinajstić information content (AvgIpc) is 3.15. The molecule has 0 spiro atoms. The monoisotopic (exact) mass is 369 g/mol. The standard InChI is InChI=1S/C17H15N5O5/c1-9(10-3-5-11(6-4-10)17(26)27-2)19-15(23)12-7-13(16(24)25)22-14(20-12)8-18-21-22/h3-9H,1-2H3,(H,19,23)(H,24,25)/t9-/m1/s1. The highest BCUT2D eigenvalue weighted by Crippen LogP contribution is 2.15. The summed E-state index contributed by atoms with van der Waals surface area (Å²) in [6.07, 6.45) is 1.26. The Morgan fingerprint density at radius 2 is 1.93 bits per heavy atom. The maximum absolute atomic E-state index is 12.5. The van der Waals surface area contributed by atoms with Crippen molar-refractivity contribution in [2.75, 3.05) is 7.11 Å². The Labute approximate surface area is 152 Å². The number of aromatic nitrogens is 4. The van der Waals surface area contributed by atoms with Crippen LogP contribution < -0.4 is 5.32 Å². The van der Waals surface area contributed by atoms with Gasteiger partial charge in [-0.05, 0) is 24.6 Å². The maximum atomic E-state index is 12.5. The van der Waals surface area contributed by atoms with Crippen LogP contribution in [0.25, 0.3) is 5.65 Å². The Kier molecular flexibility index (Phi) is 4.79. The first-order valence-corrected chi connectivity index (χ1v) is 7.84. The van der Waals surface area contributed by atoms with E-state index in [2.05, 4.69) is 25.3 Å². The summed E-state index contributed by atoms with van der Waals surface area (Å²) in [5.74, 6) is -2.26. The van der Waals surface area contributed by atoms with Crippen LogP contribution in [0.2, 0.25) is 0 Å². The minimum Gasteiger partial charge on any atom is -0.477 e. The first-order valence-electron chi connectivity index (χ1n) is 7.84. The van der Waals surface area contributed by atoms with Crippen molar-refractivity contribution in [1.82, 2.24) is 25.1 Å². The number of aromatic carboxylic acids is 1. The molecule has 0 bridgehead atoms. The lowest BCUT2D eigenvalue weighted by atomic mass is 10.1. The fourth-order valence-electron chi connectivity index (χ4n) is 2.47. The van der Waals surface area contributed by atoms with Crippen LogP contribution in [0.1, 0.15) is 49.9 Å². The summed E-state index contributed by atoms with van der Waals surface area (Å²) in [6.45, 7) is 1.75. The number of benzene rings is 1. The quantitative estimate of drug-likeness (QED) is 0.638. The zero-order chi connectivity index (χ0) is 19.6. The van der Waals surface area contributed by atoms with Gasteiger partial charge in [0.1, 0.15) is 5.69 Å². The van der Waals surface area contributed by atoms with Crippen LogP contribution in [0, 0.1) is 0 Å². The average molecular weight is 369 g/mol. The molecular formula is C17H15N5O5. The fourth-order valence-corrected chi connectivity index (χ4v) is 2.47. The Morgan fingerprint density at radius 3 is 2.56 bits per heavy atom. The van der Waals surface area contributed by atoms with Crippen LogP contribution in [0.5, 0.6) is 0 Å². The number of nitrogens with zero attached hydrogens (tertiary/aromatic N) is 4. The van der Waals surface area contributed by atoms with Crippen LogP contribution in [-0.4, -0.2) is 49.9 Å². The van der Waals surface area contributed by atoms with E-state index < -0.39 is 23.9 Å². The van der Waals surface area contributed by atoms with E-state index in [0.717, 1.165) is 16.1 Å². The zero-order valence-corrected chi connectivity index (χ0v) is 14.4. The first-order chi connectivity index (χ1) is 12.9. The SMILES string of the molecule is COC(=O)c1ccc([C@@H](C)NC(=O)c2cc(C(=O)O)n3nncc3n2)cc1. The van der Waals surface area contributed by atoms with E-state index in [4.69, 9.17) is 0 Å². The van der Waals surface area contributed by atoms with Crippen LogP contribution in [0.3, 0.4) is 0 Å². The molecule has 27 heavy (non-hydrogen) atoms. The lowest BCUT2D eigenvalue weighted by Gasteiger charge is -2.14. The smallest absolute Gasteiger partial charge is 0.354 e. The van der Waals surface area contributed by atoms with Gasteiger partial charge in [0.25, 0.3) is 5.91 Å². The van der Waals surface area contributed by atoms with E-state index in [-0.39, 0.29) is 17.0 Å². The summed E-state index contributed by atoms with van der Waals surface area (Å²) in [4.78, 5) is 39.4. The molecule has 2 N–H and O–H groups in total. The lowest BCUT2D eigenvalue weighted by molar-refractivity contribution is 0.0599. The van der Waals surface area contributed by atoms with Gasteiger partial charge < -0.3 is 15.2 Å². The highest BCUT2D eigenvalue weighted by molar-refractivity contribution is 5.96. The Bertz CT molecular complexity index is 1030. The topological polar surface area (TPSA) is 136 Å². The van der Waals surface area contributed by atoms with Gasteiger partial charge in [0.15, 0.2) is 11.3 Å². The maximum Gasteiger partial charge on any atom is 0.354 e. The molecule has 0 aliphatic carbocycles. The number of hydrogen-bond acceptors (Lipinski definition) is 7. The number of fused-ring (bicyclic) bond motifs is 1. The summed E-state index contributed by atoms with van der Waals surface area (Å²) < 4.78 is 5.68. The minimum atomic E-state index is -1.26. The predicted octanol–water partition coefficient (Wildman–Crippen LogP) is 1.10. The molecular weight excluding hydrogens is 354 g/mol. The van der Waals surface area contributed by atoms with E-state index in [1.54, 1.807) is 31.2 Å². The Balaban J connectivity index is 1.81. The van der Waals surface area contributed by atoms with Crippen molar-refractivity contribution >= 4 is 23.5 Å². The first kappa shape index (κ1) is 18.0. The third kappa shape index (κ3) is 3.59. The van der Waals surface area contributed by atoms with Gasteiger partial charge in [-0.1, -0.05) is 17.3 Å². The second-order valence-electron chi connectivity index (χ2n) is 5.64. The number of methoxy groups -OCH3 is 1. The van der Waals surface area contributed by atoms with Crippen molar-refractivity contribution in [3.05, 3.63) is 59.0 Å². The number of carbonyl (C=O) groups is 3. The number of esters is 1. The van der Waals surface area contributed by atoms with Crippen molar-refractivity contribution in [2.24, 2.45) is 0 Å². The van der Waals surface area contributed by atoms with Gasteiger partial charge >= 0.3 is 11.9 Å². The van der Waals surface area contributed by atoms with Crippen LogP contribution in [0.15, 0.2) is 36.5 Å². The summed E-state index contributed by atoms with van der Waals surface area (Å²) >= 11 is 0. The Hall–Kier alpha value is -3.82. The molecule has 0 radical (unpaired) electrons. The zero-order valence-electron chi connectivity index (χ0n) is 14.4. The summed E-state index contributed by atoms with van der Waals surface area (Å²) in [7, 11) is 1.30. The number of carboxylic acids is 1. The van der Waals surface area contributed by atoms with Crippen molar-refractivity contribution in [1.29, 1.82) is 0 Å². The van der Waals surface area contributed by atoms with Crippen LogP contribution in [0.4, 0.5) is 0 Å². The number of rotatable bonds is 5. The normalized spacial score (nSPS) is 11.8. The molecule has 0 saturated heterocycles.